The second-order valence-corrected chi connectivity index (χ2v) is 7.61. The highest BCUT2D eigenvalue weighted by Crippen LogP contribution is 2.53. The maximum Gasteiger partial charge on any atom is 0.231 e. The summed E-state index contributed by atoms with van der Waals surface area (Å²) in [6.07, 6.45) is -0.248. The normalized spacial score (nSPS) is 24.6. The lowest BCUT2D eigenvalue weighted by atomic mass is 9.85. The third kappa shape index (κ3) is 3.27. The van der Waals surface area contributed by atoms with E-state index in [1.54, 1.807) is 28.4 Å². The first-order chi connectivity index (χ1) is 14.5. The van der Waals surface area contributed by atoms with E-state index in [0.717, 1.165) is 11.1 Å². The first-order valence-corrected chi connectivity index (χ1v) is 9.95. The van der Waals surface area contributed by atoms with E-state index in [0.29, 0.717) is 34.5 Å². The highest BCUT2D eigenvalue weighted by atomic mass is 16.7. The van der Waals surface area contributed by atoms with Gasteiger partial charge < -0.3 is 33.2 Å². The number of ether oxygens (including phenoxy) is 7. The molecule has 2 unspecified atom stereocenters. The lowest BCUT2D eigenvalue weighted by Gasteiger charge is -2.20. The monoisotopic (exact) mass is 416 g/mol. The molecule has 7 heteroatoms. The zero-order chi connectivity index (χ0) is 21.4. The minimum Gasteiger partial charge on any atom is -0.493 e. The summed E-state index contributed by atoms with van der Waals surface area (Å²) < 4.78 is 39.7. The molecule has 162 valence electrons. The largest absolute Gasteiger partial charge is 0.493 e. The summed E-state index contributed by atoms with van der Waals surface area (Å²) in [6, 6.07) is 7.87. The quantitative estimate of drug-likeness (QED) is 0.685. The SMILES string of the molecule is COc1cc(C2OC(c3cc(OC)c4c(c3)OCO4)[C@@H](C)[C@@H]2C)cc(OC)c1OC. The lowest BCUT2D eigenvalue weighted by Crippen LogP contribution is -2.10. The summed E-state index contributed by atoms with van der Waals surface area (Å²) in [5, 5.41) is 0. The summed E-state index contributed by atoms with van der Waals surface area (Å²) in [7, 11) is 6.45. The molecule has 2 aromatic rings. The number of benzene rings is 2. The molecular weight excluding hydrogens is 388 g/mol. The Labute approximate surface area is 176 Å². The van der Waals surface area contributed by atoms with E-state index in [1.165, 1.54) is 0 Å². The predicted octanol–water partition coefficient (Wildman–Crippen LogP) is 4.53. The number of methoxy groups -OCH3 is 4. The fourth-order valence-electron chi connectivity index (χ4n) is 4.30. The van der Waals surface area contributed by atoms with Crippen molar-refractivity contribution in [3.05, 3.63) is 35.4 Å². The number of hydrogen-bond donors (Lipinski definition) is 0. The zero-order valence-corrected chi connectivity index (χ0v) is 18.2. The Bertz CT molecular complexity index is 901. The Morgan fingerprint density at radius 3 is 1.77 bits per heavy atom. The maximum atomic E-state index is 6.59. The van der Waals surface area contributed by atoms with Crippen molar-refractivity contribution in [3.8, 4) is 34.5 Å². The Morgan fingerprint density at radius 1 is 0.700 bits per heavy atom. The van der Waals surface area contributed by atoms with E-state index < -0.39 is 0 Å². The van der Waals surface area contributed by atoms with Crippen molar-refractivity contribution in [2.24, 2.45) is 11.8 Å². The van der Waals surface area contributed by atoms with Gasteiger partial charge in [0, 0.05) is 0 Å². The van der Waals surface area contributed by atoms with Crippen molar-refractivity contribution < 1.29 is 33.2 Å². The van der Waals surface area contributed by atoms with Crippen LogP contribution < -0.4 is 28.4 Å². The number of rotatable bonds is 6. The van der Waals surface area contributed by atoms with Gasteiger partial charge in [-0.3, -0.25) is 0 Å². The molecule has 0 amide bonds. The topological polar surface area (TPSA) is 64.6 Å². The van der Waals surface area contributed by atoms with Gasteiger partial charge in [0.05, 0.1) is 40.6 Å². The molecule has 4 atom stereocenters. The molecule has 0 aliphatic carbocycles. The summed E-state index contributed by atoms with van der Waals surface area (Å²) in [4.78, 5) is 0. The summed E-state index contributed by atoms with van der Waals surface area (Å²) in [5.74, 6) is 4.30. The van der Waals surface area contributed by atoms with Crippen LogP contribution in [0.4, 0.5) is 0 Å². The van der Waals surface area contributed by atoms with Crippen LogP contribution in [0.2, 0.25) is 0 Å². The van der Waals surface area contributed by atoms with Gasteiger partial charge in [0.15, 0.2) is 23.0 Å². The van der Waals surface area contributed by atoms with Crippen molar-refractivity contribution in [3.63, 3.8) is 0 Å². The van der Waals surface area contributed by atoms with Crippen molar-refractivity contribution in [1.82, 2.24) is 0 Å². The van der Waals surface area contributed by atoms with Crippen LogP contribution in [-0.4, -0.2) is 35.2 Å². The molecule has 2 aliphatic rings. The van der Waals surface area contributed by atoms with Gasteiger partial charge in [0.1, 0.15) is 0 Å². The van der Waals surface area contributed by atoms with E-state index >= 15 is 0 Å². The zero-order valence-electron chi connectivity index (χ0n) is 18.2. The van der Waals surface area contributed by atoms with Crippen molar-refractivity contribution in [2.75, 3.05) is 35.2 Å². The van der Waals surface area contributed by atoms with Gasteiger partial charge >= 0.3 is 0 Å². The van der Waals surface area contributed by atoms with Crippen molar-refractivity contribution in [1.29, 1.82) is 0 Å². The van der Waals surface area contributed by atoms with Gasteiger partial charge in [-0.25, -0.2) is 0 Å². The molecule has 2 heterocycles. The summed E-state index contributed by atoms with van der Waals surface area (Å²) >= 11 is 0. The molecule has 0 N–H and O–H groups in total. The second-order valence-electron chi connectivity index (χ2n) is 7.61. The van der Waals surface area contributed by atoms with Gasteiger partial charge in [-0.2, -0.15) is 0 Å². The average molecular weight is 416 g/mol. The van der Waals surface area contributed by atoms with Gasteiger partial charge in [-0.15, -0.1) is 0 Å². The highest BCUT2D eigenvalue weighted by molar-refractivity contribution is 5.56. The molecule has 2 aromatic carbocycles. The number of fused-ring (bicyclic) bond motifs is 1. The van der Waals surface area contributed by atoms with Crippen LogP contribution in [0.5, 0.6) is 34.5 Å². The summed E-state index contributed by atoms with van der Waals surface area (Å²) in [5.41, 5.74) is 1.99. The molecule has 1 saturated heterocycles. The predicted molar refractivity (Wildman–Crippen MR) is 110 cm³/mol. The molecule has 0 bridgehead atoms. The fraction of sp³-hybridized carbons (Fsp3) is 0.478. The Hall–Kier alpha value is -2.80. The van der Waals surface area contributed by atoms with Gasteiger partial charge in [-0.1, -0.05) is 13.8 Å². The number of hydrogen-bond acceptors (Lipinski definition) is 7. The average Bonchev–Trinajstić information content (AvgIpc) is 3.36. The molecule has 0 radical (unpaired) electrons. The van der Waals surface area contributed by atoms with Gasteiger partial charge in [0.25, 0.3) is 0 Å². The van der Waals surface area contributed by atoms with Crippen molar-refractivity contribution in [2.45, 2.75) is 26.1 Å². The Morgan fingerprint density at radius 2 is 1.23 bits per heavy atom. The summed E-state index contributed by atoms with van der Waals surface area (Å²) in [6.45, 7) is 4.59. The Kier molecular flexibility index (Phi) is 5.56. The first kappa shape index (κ1) is 20.5. The molecule has 1 fully saturated rings. The molecular formula is C23H28O7. The minimum atomic E-state index is -0.130. The molecule has 7 nitrogen and oxygen atoms in total. The molecule has 0 aromatic heterocycles. The highest BCUT2D eigenvalue weighted by Gasteiger charge is 2.42. The van der Waals surface area contributed by atoms with Crippen LogP contribution >= 0.6 is 0 Å². The molecule has 30 heavy (non-hydrogen) atoms. The van der Waals surface area contributed by atoms with Crippen LogP contribution in [0.3, 0.4) is 0 Å². The van der Waals surface area contributed by atoms with Crippen LogP contribution in [0.25, 0.3) is 0 Å². The van der Waals surface area contributed by atoms with E-state index in [9.17, 15) is 0 Å². The van der Waals surface area contributed by atoms with E-state index in [4.69, 9.17) is 33.2 Å². The van der Waals surface area contributed by atoms with Crippen molar-refractivity contribution >= 4 is 0 Å². The van der Waals surface area contributed by atoms with Crippen LogP contribution in [0, 0.1) is 11.8 Å². The standard InChI is InChI=1S/C23H28O7/c1-12-13(2)21(15-9-18(26-5)23-19(10-15)28-11-29-23)30-20(12)14-7-16(24-3)22(27-6)17(8-14)25-4/h7-10,12-13,20-21H,11H2,1-6H3/t12-,13-,20?,21?/m0/s1. The molecule has 0 spiro atoms. The van der Waals surface area contributed by atoms with E-state index in [2.05, 4.69) is 13.8 Å². The van der Waals surface area contributed by atoms with E-state index in [1.807, 2.05) is 24.3 Å². The van der Waals surface area contributed by atoms with Crippen LogP contribution in [0.1, 0.15) is 37.2 Å². The van der Waals surface area contributed by atoms with Crippen LogP contribution in [-0.2, 0) is 4.74 Å². The first-order valence-electron chi connectivity index (χ1n) is 9.95. The minimum absolute atomic E-state index is 0.118. The maximum absolute atomic E-state index is 6.59. The van der Waals surface area contributed by atoms with Crippen LogP contribution in [0.15, 0.2) is 24.3 Å². The molecule has 2 aliphatic heterocycles. The Balaban J connectivity index is 1.69. The molecule has 4 rings (SSSR count). The third-order valence-corrected chi connectivity index (χ3v) is 6.10. The second kappa shape index (κ2) is 8.14. The van der Waals surface area contributed by atoms with Gasteiger partial charge in [-0.05, 0) is 47.2 Å². The lowest BCUT2D eigenvalue weighted by molar-refractivity contribution is 0.0286. The van der Waals surface area contributed by atoms with E-state index in [-0.39, 0.29) is 30.8 Å². The molecule has 0 saturated carbocycles. The van der Waals surface area contributed by atoms with Gasteiger partial charge in [0.2, 0.25) is 18.3 Å². The fourth-order valence-corrected chi connectivity index (χ4v) is 4.30. The third-order valence-electron chi connectivity index (χ3n) is 6.10. The smallest absolute Gasteiger partial charge is 0.231 e.